The highest BCUT2D eigenvalue weighted by molar-refractivity contribution is 5.97. The molecule has 0 unspecified atom stereocenters. The number of ether oxygens (including phenoxy) is 3. The van der Waals surface area contributed by atoms with Gasteiger partial charge in [-0.25, -0.2) is 4.79 Å². The smallest absolute Gasteiger partial charge is 0.408 e. The lowest BCUT2D eigenvalue weighted by molar-refractivity contribution is -0.162. The molecule has 0 aromatic heterocycles. The first kappa shape index (κ1) is 28.8. The van der Waals surface area contributed by atoms with Crippen molar-refractivity contribution >= 4 is 29.8 Å². The van der Waals surface area contributed by atoms with Gasteiger partial charge in [-0.05, 0) is 11.1 Å². The van der Waals surface area contributed by atoms with Gasteiger partial charge in [0.25, 0.3) is 0 Å². The van der Waals surface area contributed by atoms with Crippen LogP contribution in [0.3, 0.4) is 0 Å². The number of alkyl carbamates (subject to hydrolysis) is 1. The van der Waals surface area contributed by atoms with Gasteiger partial charge in [0.1, 0.15) is 18.7 Å². The number of nitrogens with two attached hydrogens (primary N) is 1. The minimum atomic E-state index is -1.52. The quantitative estimate of drug-likeness (QED) is 0.216. The molecule has 0 fully saturated rings. The summed E-state index contributed by atoms with van der Waals surface area (Å²) in [5.74, 6) is -6.33. The normalized spacial score (nSPS) is 13.0. The van der Waals surface area contributed by atoms with Crippen LogP contribution in [0.15, 0.2) is 60.7 Å². The lowest BCUT2D eigenvalue weighted by Crippen LogP contribution is -2.57. The van der Waals surface area contributed by atoms with E-state index in [9.17, 15) is 24.0 Å². The van der Waals surface area contributed by atoms with Gasteiger partial charge >= 0.3 is 18.0 Å². The number of hydrogen-bond acceptors (Lipinski definition) is 8. The highest BCUT2D eigenvalue weighted by atomic mass is 16.6. The molecular weight excluding hydrogens is 482 g/mol. The first-order valence-corrected chi connectivity index (χ1v) is 11.4. The van der Waals surface area contributed by atoms with Crippen molar-refractivity contribution < 1.29 is 38.2 Å². The van der Waals surface area contributed by atoms with E-state index >= 15 is 0 Å². The van der Waals surface area contributed by atoms with Gasteiger partial charge in [0.05, 0.1) is 14.2 Å². The van der Waals surface area contributed by atoms with Gasteiger partial charge in [0.2, 0.25) is 11.8 Å². The van der Waals surface area contributed by atoms with Crippen molar-refractivity contribution in [3.63, 3.8) is 0 Å². The number of primary amides is 1. The van der Waals surface area contributed by atoms with Gasteiger partial charge in [0, 0.05) is 12.3 Å². The van der Waals surface area contributed by atoms with Crippen LogP contribution in [-0.2, 0) is 46.4 Å². The summed E-state index contributed by atoms with van der Waals surface area (Å²) in [5.41, 5.74) is 6.97. The Bertz CT molecular complexity index is 1060. The van der Waals surface area contributed by atoms with E-state index in [1.54, 1.807) is 54.6 Å². The molecule has 3 amide bonds. The van der Waals surface area contributed by atoms with Crippen LogP contribution in [0.2, 0.25) is 0 Å². The maximum atomic E-state index is 13.3. The van der Waals surface area contributed by atoms with Gasteiger partial charge in [-0.3, -0.25) is 19.2 Å². The summed E-state index contributed by atoms with van der Waals surface area (Å²) in [4.78, 5) is 62.5. The van der Waals surface area contributed by atoms with E-state index in [2.05, 4.69) is 20.1 Å². The van der Waals surface area contributed by atoms with Gasteiger partial charge < -0.3 is 30.6 Å². The molecule has 0 saturated carbocycles. The Morgan fingerprint density at radius 3 is 1.81 bits per heavy atom. The SMILES string of the molecule is COC(=O)C(C(=O)OC)[C@@H](C)[C@H](NC(=O)[C@@H](Cc1ccccc1)NC(=O)OCc1ccccc1)C(N)=O. The van der Waals surface area contributed by atoms with Crippen LogP contribution in [0.1, 0.15) is 18.1 Å². The van der Waals surface area contributed by atoms with Crippen LogP contribution >= 0.6 is 0 Å². The molecule has 198 valence electrons. The predicted molar refractivity (Wildman–Crippen MR) is 132 cm³/mol. The predicted octanol–water partition coefficient (Wildman–Crippen LogP) is 1.09. The lowest BCUT2D eigenvalue weighted by atomic mass is 9.86. The maximum absolute atomic E-state index is 13.3. The van der Waals surface area contributed by atoms with Crippen LogP contribution in [-0.4, -0.2) is 56.1 Å². The fraction of sp³-hybridized carbons (Fsp3) is 0.346. The Balaban J connectivity index is 2.22. The first-order chi connectivity index (χ1) is 17.7. The summed E-state index contributed by atoms with van der Waals surface area (Å²) in [6.07, 6.45) is -0.796. The van der Waals surface area contributed by atoms with E-state index in [4.69, 9.17) is 10.5 Å². The molecule has 2 aromatic rings. The summed E-state index contributed by atoms with van der Waals surface area (Å²) in [6, 6.07) is 15.2. The second-order valence-electron chi connectivity index (χ2n) is 8.22. The summed E-state index contributed by atoms with van der Waals surface area (Å²) >= 11 is 0. The van der Waals surface area contributed by atoms with Gasteiger partial charge in [-0.15, -0.1) is 0 Å². The Hall–Kier alpha value is -4.41. The molecule has 0 saturated heterocycles. The second kappa shape index (κ2) is 14.2. The molecule has 11 nitrogen and oxygen atoms in total. The van der Waals surface area contributed by atoms with Gasteiger partial charge in [-0.1, -0.05) is 67.6 Å². The Labute approximate surface area is 214 Å². The average molecular weight is 514 g/mol. The van der Waals surface area contributed by atoms with Crippen LogP contribution in [0.4, 0.5) is 4.79 Å². The third-order valence-corrected chi connectivity index (χ3v) is 5.67. The molecule has 0 aliphatic carbocycles. The fourth-order valence-corrected chi connectivity index (χ4v) is 3.65. The van der Waals surface area contributed by atoms with Crippen molar-refractivity contribution in [2.24, 2.45) is 17.6 Å². The number of esters is 2. The summed E-state index contributed by atoms with van der Waals surface area (Å²) in [7, 11) is 2.15. The molecule has 2 rings (SSSR count). The number of benzene rings is 2. The zero-order valence-electron chi connectivity index (χ0n) is 20.8. The molecule has 0 aliphatic rings. The van der Waals surface area contributed by atoms with Crippen LogP contribution in [0.25, 0.3) is 0 Å². The van der Waals surface area contributed by atoms with Gasteiger partial charge in [0.15, 0.2) is 5.92 Å². The lowest BCUT2D eigenvalue weighted by Gasteiger charge is -2.28. The molecule has 37 heavy (non-hydrogen) atoms. The number of carbonyl (C=O) groups is 5. The maximum Gasteiger partial charge on any atom is 0.408 e. The van der Waals surface area contributed by atoms with Crippen molar-refractivity contribution in [3.8, 4) is 0 Å². The van der Waals surface area contributed by atoms with Crippen molar-refractivity contribution in [2.75, 3.05) is 14.2 Å². The number of hydrogen-bond donors (Lipinski definition) is 3. The number of methoxy groups -OCH3 is 2. The molecule has 3 atom stereocenters. The van der Waals surface area contributed by atoms with Crippen molar-refractivity contribution in [2.45, 2.75) is 32.0 Å². The number of amides is 3. The highest BCUT2D eigenvalue weighted by Gasteiger charge is 2.42. The Morgan fingerprint density at radius 2 is 1.32 bits per heavy atom. The van der Waals surface area contributed by atoms with Crippen molar-refractivity contribution in [1.29, 1.82) is 0 Å². The molecule has 0 heterocycles. The average Bonchev–Trinajstić information content (AvgIpc) is 2.90. The van der Waals surface area contributed by atoms with Crippen LogP contribution in [0.5, 0.6) is 0 Å². The van der Waals surface area contributed by atoms with Crippen molar-refractivity contribution in [3.05, 3.63) is 71.8 Å². The zero-order chi connectivity index (χ0) is 27.4. The number of nitrogens with one attached hydrogen (secondary N) is 2. The van der Waals surface area contributed by atoms with E-state index in [1.807, 2.05) is 6.07 Å². The number of carbonyl (C=O) groups excluding carboxylic acids is 5. The third-order valence-electron chi connectivity index (χ3n) is 5.67. The van der Waals surface area contributed by atoms with E-state index in [0.717, 1.165) is 25.3 Å². The minimum absolute atomic E-state index is 0.0206. The fourth-order valence-electron chi connectivity index (χ4n) is 3.65. The summed E-state index contributed by atoms with van der Waals surface area (Å²) < 4.78 is 14.5. The molecule has 0 aliphatic heterocycles. The molecule has 4 N–H and O–H groups in total. The Kier molecular flexibility index (Phi) is 11.1. The molecule has 0 radical (unpaired) electrons. The van der Waals surface area contributed by atoms with E-state index in [0.29, 0.717) is 0 Å². The highest BCUT2D eigenvalue weighted by Crippen LogP contribution is 2.20. The minimum Gasteiger partial charge on any atom is -0.468 e. The molecule has 2 aromatic carbocycles. The molecule has 11 heteroatoms. The Morgan fingerprint density at radius 1 is 0.811 bits per heavy atom. The summed E-state index contributed by atoms with van der Waals surface area (Å²) in [5, 5.41) is 4.96. The standard InChI is InChI=1S/C26H31N3O8/c1-16(20(24(32)35-2)25(33)36-3)21(22(27)30)29-23(31)19(14-17-10-6-4-7-11-17)28-26(34)37-15-18-12-8-5-9-13-18/h4-13,16,19-21H,14-15H2,1-3H3,(H2,27,30)(H,28,34)(H,29,31)/t16-,19-,21+/m1/s1. The van der Waals surface area contributed by atoms with Crippen molar-refractivity contribution in [1.82, 2.24) is 10.6 Å². The molecular formula is C26H31N3O8. The van der Waals surface area contributed by atoms with E-state index in [1.165, 1.54) is 6.92 Å². The monoisotopic (exact) mass is 513 g/mol. The zero-order valence-corrected chi connectivity index (χ0v) is 20.8. The topological polar surface area (TPSA) is 163 Å². The largest absolute Gasteiger partial charge is 0.468 e. The van der Waals surface area contributed by atoms with Crippen LogP contribution in [0, 0.1) is 11.8 Å². The second-order valence-corrected chi connectivity index (χ2v) is 8.22. The number of rotatable bonds is 12. The third kappa shape index (κ3) is 8.64. The first-order valence-electron chi connectivity index (χ1n) is 11.4. The van der Waals surface area contributed by atoms with E-state index < -0.39 is 53.8 Å². The van der Waals surface area contributed by atoms with Crippen LogP contribution < -0.4 is 16.4 Å². The molecule has 0 spiro atoms. The molecule has 0 bridgehead atoms. The van der Waals surface area contributed by atoms with E-state index in [-0.39, 0.29) is 13.0 Å². The van der Waals surface area contributed by atoms with Gasteiger partial charge in [-0.2, -0.15) is 0 Å². The summed E-state index contributed by atoms with van der Waals surface area (Å²) in [6.45, 7) is 1.36.